The van der Waals surface area contributed by atoms with Gasteiger partial charge in [0.05, 0.1) is 18.1 Å². The Balaban J connectivity index is 1.36. The van der Waals surface area contributed by atoms with Crippen molar-refractivity contribution < 1.29 is 18.3 Å². The fourth-order valence-corrected chi connectivity index (χ4v) is 3.03. The maximum atomic E-state index is 14.3. The van der Waals surface area contributed by atoms with Crippen molar-refractivity contribution in [3.63, 3.8) is 0 Å². The van der Waals surface area contributed by atoms with Crippen LogP contribution in [0.1, 0.15) is 0 Å². The molecule has 0 bridgehead atoms. The number of ether oxygens (including phenoxy) is 1. The third-order valence-electron chi connectivity index (χ3n) is 4.42. The van der Waals surface area contributed by atoms with Crippen molar-refractivity contribution in [2.24, 2.45) is 0 Å². The van der Waals surface area contributed by atoms with Crippen LogP contribution in [0.3, 0.4) is 0 Å². The summed E-state index contributed by atoms with van der Waals surface area (Å²) in [5.74, 6) is 0.317. The summed E-state index contributed by atoms with van der Waals surface area (Å²) in [6.07, 6.45) is 4.14. The molecule has 10 heteroatoms. The van der Waals surface area contributed by atoms with Gasteiger partial charge in [-0.15, -0.1) is 0 Å². The summed E-state index contributed by atoms with van der Waals surface area (Å²) in [4.78, 5) is 23.7. The number of oxazole rings is 1. The average molecular weight is 418 g/mol. The van der Waals surface area contributed by atoms with Crippen molar-refractivity contribution in [3.8, 4) is 17.2 Å². The van der Waals surface area contributed by atoms with Gasteiger partial charge in [-0.2, -0.15) is 4.98 Å². The van der Waals surface area contributed by atoms with Gasteiger partial charge in [0.2, 0.25) is 11.8 Å². The summed E-state index contributed by atoms with van der Waals surface area (Å²) in [7, 11) is 0. The topological polar surface area (TPSA) is 114 Å². The summed E-state index contributed by atoms with van der Waals surface area (Å²) < 4.78 is 25.0. The van der Waals surface area contributed by atoms with Crippen molar-refractivity contribution in [2.75, 3.05) is 22.6 Å². The molecular weight excluding hydrogens is 403 g/mol. The van der Waals surface area contributed by atoms with E-state index in [4.69, 9.17) is 9.15 Å². The largest absolute Gasteiger partial charge is 0.482 e. The number of nitrogens with zero attached hydrogens (tertiary/aromatic N) is 3. The number of hydrogen-bond acceptors (Lipinski definition) is 8. The van der Waals surface area contributed by atoms with Crippen molar-refractivity contribution in [1.29, 1.82) is 0 Å². The summed E-state index contributed by atoms with van der Waals surface area (Å²) >= 11 is 0. The molecule has 5 rings (SSSR count). The Morgan fingerprint density at radius 3 is 2.84 bits per heavy atom. The quantitative estimate of drug-likeness (QED) is 0.444. The van der Waals surface area contributed by atoms with Gasteiger partial charge >= 0.3 is 0 Å². The van der Waals surface area contributed by atoms with Gasteiger partial charge in [-0.1, -0.05) is 6.07 Å². The standard InChI is InChI=1S/C21H15FN6O3/c22-15-10-24-21(26-13-3-1-2-12(8-13)20-23-6-7-30-20)28-19(15)25-14-4-5-16-17(9-14)31-11-18(29)27-16/h1-10H,11H2,(H,27,29)(H2,24,25,26,28). The summed E-state index contributed by atoms with van der Waals surface area (Å²) in [5, 5.41) is 8.65. The number of amides is 1. The molecule has 0 saturated carbocycles. The molecule has 1 aliphatic heterocycles. The molecule has 4 aromatic rings. The molecule has 0 atom stereocenters. The van der Waals surface area contributed by atoms with Crippen LogP contribution in [-0.4, -0.2) is 27.5 Å². The van der Waals surface area contributed by atoms with Crippen LogP contribution in [0.15, 0.2) is 65.5 Å². The van der Waals surface area contributed by atoms with E-state index in [0.717, 1.165) is 11.8 Å². The first-order chi connectivity index (χ1) is 15.1. The van der Waals surface area contributed by atoms with Crippen LogP contribution in [-0.2, 0) is 4.79 Å². The van der Waals surface area contributed by atoms with E-state index in [1.165, 1.54) is 6.26 Å². The lowest BCUT2D eigenvalue weighted by molar-refractivity contribution is -0.118. The number of anilines is 5. The van der Waals surface area contributed by atoms with Crippen molar-refractivity contribution in [2.45, 2.75) is 0 Å². The van der Waals surface area contributed by atoms with Crippen molar-refractivity contribution >= 4 is 34.7 Å². The average Bonchev–Trinajstić information content (AvgIpc) is 3.31. The molecule has 1 aliphatic rings. The second kappa shape index (κ2) is 7.75. The number of benzene rings is 2. The highest BCUT2D eigenvalue weighted by atomic mass is 19.1. The van der Waals surface area contributed by atoms with E-state index in [1.807, 2.05) is 24.3 Å². The molecule has 0 radical (unpaired) electrons. The van der Waals surface area contributed by atoms with Gasteiger partial charge in [0.25, 0.3) is 5.91 Å². The minimum atomic E-state index is -0.619. The highest BCUT2D eigenvalue weighted by Crippen LogP contribution is 2.32. The second-order valence-electron chi connectivity index (χ2n) is 6.61. The van der Waals surface area contributed by atoms with Crippen LogP contribution < -0.4 is 20.7 Å². The number of halogens is 1. The highest BCUT2D eigenvalue weighted by molar-refractivity contribution is 5.95. The van der Waals surface area contributed by atoms with Crippen LogP contribution in [0.25, 0.3) is 11.5 Å². The zero-order valence-corrected chi connectivity index (χ0v) is 15.9. The molecule has 0 fully saturated rings. The van der Waals surface area contributed by atoms with Crippen LogP contribution in [0.2, 0.25) is 0 Å². The monoisotopic (exact) mass is 418 g/mol. The van der Waals surface area contributed by atoms with E-state index < -0.39 is 5.82 Å². The van der Waals surface area contributed by atoms with Gasteiger partial charge in [-0.25, -0.2) is 14.4 Å². The minimum absolute atomic E-state index is 0.0128. The Morgan fingerprint density at radius 2 is 1.97 bits per heavy atom. The Morgan fingerprint density at radius 1 is 1.06 bits per heavy atom. The molecule has 3 heterocycles. The number of carbonyl (C=O) groups is 1. The number of carbonyl (C=O) groups excluding carboxylic acids is 1. The molecule has 0 aliphatic carbocycles. The molecule has 31 heavy (non-hydrogen) atoms. The number of rotatable bonds is 5. The van der Waals surface area contributed by atoms with Crippen LogP contribution >= 0.6 is 0 Å². The Bertz CT molecular complexity index is 1260. The number of fused-ring (bicyclic) bond motifs is 1. The molecule has 0 spiro atoms. The smallest absolute Gasteiger partial charge is 0.262 e. The number of aromatic nitrogens is 3. The lowest BCUT2D eigenvalue weighted by Gasteiger charge is -2.19. The summed E-state index contributed by atoms with van der Waals surface area (Å²) in [6, 6.07) is 12.3. The van der Waals surface area contributed by atoms with Gasteiger partial charge in [0.1, 0.15) is 12.0 Å². The minimum Gasteiger partial charge on any atom is -0.482 e. The van der Waals surface area contributed by atoms with E-state index in [9.17, 15) is 9.18 Å². The second-order valence-corrected chi connectivity index (χ2v) is 6.61. The van der Waals surface area contributed by atoms with Gasteiger partial charge in [-0.3, -0.25) is 4.79 Å². The van der Waals surface area contributed by atoms with Crippen molar-refractivity contribution in [1.82, 2.24) is 15.0 Å². The van der Waals surface area contributed by atoms with Crippen LogP contribution in [0, 0.1) is 5.82 Å². The number of hydrogen-bond donors (Lipinski definition) is 3. The Hall–Kier alpha value is -4.47. The zero-order valence-electron chi connectivity index (χ0n) is 15.9. The predicted octanol–water partition coefficient (Wildman–Crippen LogP) is 4.09. The Kier molecular flexibility index (Phi) is 4.64. The lowest BCUT2D eigenvalue weighted by atomic mass is 10.2. The Labute approximate surface area is 175 Å². The van der Waals surface area contributed by atoms with Gasteiger partial charge < -0.3 is 25.1 Å². The van der Waals surface area contributed by atoms with E-state index in [-0.39, 0.29) is 24.3 Å². The van der Waals surface area contributed by atoms with Crippen LogP contribution in [0.5, 0.6) is 5.75 Å². The fraction of sp³-hybridized carbons (Fsp3) is 0.0476. The maximum Gasteiger partial charge on any atom is 0.262 e. The molecule has 3 N–H and O–H groups in total. The number of nitrogens with one attached hydrogen (secondary N) is 3. The molecule has 9 nitrogen and oxygen atoms in total. The molecule has 154 valence electrons. The third kappa shape index (κ3) is 3.99. The normalized spacial score (nSPS) is 12.5. The predicted molar refractivity (Wildman–Crippen MR) is 111 cm³/mol. The fourth-order valence-electron chi connectivity index (χ4n) is 3.03. The van der Waals surface area contributed by atoms with Crippen molar-refractivity contribution in [3.05, 3.63) is 66.9 Å². The van der Waals surface area contributed by atoms with E-state index in [2.05, 4.69) is 30.9 Å². The van der Waals surface area contributed by atoms with E-state index in [1.54, 1.807) is 24.4 Å². The third-order valence-corrected chi connectivity index (χ3v) is 4.42. The first kappa shape index (κ1) is 18.6. The summed E-state index contributed by atoms with van der Waals surface area (Å²) in [5.41, 5.74) is 2.56. The van der Waals surface area contributed by atoms with Gasteiger partial charge in [0, 0.05) is 23.0 Å². The maximum absolute atomic E-state index is 14.3. The molecule has 2 aromatic heterocycles. The lowest BCUT2D eigenvalue weighted by Crippen LogP contribution is -2.25. The molecule has 1 amide bonds. The highest BCUT2D eigenvalue weighted by Gasteiger charge is 2.17. The molecule has 0 saturated heterocycles. The van der Waals surface area contributed by atoms with E-state index >= 15 is 0 Å². The SMILES string of the molecule is O=C1COc2cc(Nc3nc(Nc4cccc(-c5ncco5)c4)ncc3F)ccc2N1. The summed E-state index contributed by atoms with van der Waals surface area (Å²) in [6.45, 7) is -0.0705. The molecule has 2 aromatic carbocycles. The molecular formula is C21H15FN6O3. The first-order valence-electron chi connectivity index (χ1n) is 9.27. The molecule has 0 unspecified atom stereocenters. The first-order valence-corrected chi connectivity index (χ1v) is 9.27. The van der Waals surface area contributed by atoms with Crippen LogP contribution in [0.4, 0.5) is 33.2 Å². The zero-order chi connectivity index (χ0) is 21.2. The van der Waals surface area contributed by atoms with E-state index in [0.29, 0.717) is 28.7 Å². The van der Waals surface area contributed by atoms with Gasteiger partial charge in [0.15, 0.2) is 18.2 Å². The van der Waals surface area contributed by atoms with Gasteiger partial charge in [-0.05, 0) is 30.3 Å².